The number of nitrogens with two attached hydrogens (primary N) is 2. The van der Waals surface area contributed by atoms with Crippen LogP contribution in [0.5, 0.6) is 0 Å². The number of primary sulfonamides is 2. The Balaban J connectivity index is 1.47. The number of carbonyl (C=O) groups excluding carboxylic acids is 2. The number of hydrogen-bond acceptors (Lipinski definition) is 8. The van der Waals surface area contributed by atoms with Gasteiger partial charge in [-0.05, 0) is 0 Å². The van der Waals surface area contributed by atoms with Crippen LogP contribution in [0.1, 0.15) is 20.7 Å². The van der Waals surface area contributed by atoms with Gasteiger partial charge in [0.25, 0.3) is 0 Å². The van der Waals surface area contributed by atoms with Gasteiger partial charge in [0.05, 0.1) is 0 Å². The van der Waals surface area contributed by atoms with Crippen molar-refractivity contribution >= 4 is 78.7 Å². The number of sulfonamides is 2. The Morgan fingerprint density at radius 1 is 0.600 bits per heavy atom. The van der Waals surface area contributed by atoms with Gasteiger partial charge in [0.2, 0.25) is 0 Å². The molecule has 0 aliphatic carbocycles. The zero-order valence-corrected chi connectivity index (χ0v) is 25.3. The zero-order valence-electron chi connectivity index (χ0n) is 20.2. The monoisotopic (exact) mass is 712 g/mol. The van der Waals surface area contributed by atoms with E-state index in [1.54, 1.807) is 36.7 Å². The van der Waals surface area contributed by atoms with Crippen molar-refractivity contribution in [1.29, 1.82) is 0 Å². The second-order valence-electron chi connectivity index (χ2n) is 7.93. The molecule has 0 bridgehead atoms. The van der Waals surface area contributed by atoms with Gasteiger partial charge in [-0.2, -0.15) is 0 Å². The first-order chi connectivity index (χ1) is 18.9. The van der Waals surface area contributed by atoms with Crippen molar-refractivity contribution in [3.63, 3.8) is 0 Å². The second kappa shape index (κ2) is 12.4. The number of rotatable bonds is 9. The van der Waals surface area contributed by atoms with Crippen LogP contribution in [-0.4, -0.2) is 64.9 Å². The summed E-state index contributed by atoms with van der Waals surface area (Å²) in [6, 6.07) is 17.4. The molecule has 0 spiro atoms. The van der Waals surface area contributed by atoms with Gasteiger partial charge in [-0.1, -0.05) is 0 Å². The Bertz CT molecular complexity index is 1650. The average Bonchev–Trinajstić information content (AvgIpc) is 2.92. The van der Waals surface area contributed by atoms with E-state index in [1.807, 2.05) is 0 Å². The maximum atomic E-state index is 13.0. The van der Waals surface area contributed by atoms with Crippen LogP contribution < -0.4 is 30.1 Å². The van der Waals surface area contributed by atoms with Gasteiger partial charge in [0.15, 0.2) is 0 Å². The molecule has 0 atom stereocenters. The number of hydrogen-bond donors (Lipinski definition) is 4. The van der Waals surface area contributed by atoms with E-state index in [4.69, 9.17) is 10.3 Å². The van der Waals surface area contributed by atoms with Crippen LogP contribution in [0.15, 0.2) is 95.0 Å². The van der Waals surface area contributed by atoms with Crippen molar-refractivity contribution in [2.45, 2.75) is 9.79 Å². The summed E-state index contributed by atoms with van der Waals surface area (Å²) in [4.78, 5) is 34.6. The Morgan fingerprint density at radius 2 is 0.950 bits per heavy atom. The minimum atomic E-state index is -3.85. The minimum absolute atomic E-state index is 0.0747. The van der Waals surface area contributed by atoms with Gasteiger partial charge in [-0.25, -0.2) is 0 Å². The molecule has 2 aromatic carbocycles. The number of nitrogens with one attached hydrogen (secondary N) is 2. The van der Waals surface area contributed by atoms with Crippen LogP contribution in [0.25, 0.3) is 0 Å². The molecular weight excluding hydrogens is 690 g/mol. The predicted octanol–water partition coefficient (Wildman–Crippen LogP) is -0.450. The molecule has 206 valence electrons. The third-order valence-electron chi connectivity index (χ3n) is 5.11. The van der Waals surface area contributed by atoms with Gasteiger partial charge >= 0.3 is 242 Å². The third kappa shape index (κ3) is 7.59. The predicted molar refractivity (Wildman–Crippen MR) is 151 cm³/mol. The summed E-state index contributed by atoms with van der Waals surface area (Å²) in [6.07, 6.45) is 3.14. The Kier molecular flexibility index (Phi) is 9.13. The fourth-order valence-corrected chi connectivity index (χ4v) is 10.7. The van der Waals surface area contributed by atoms with Crippen molar-refractivity contribution < 1.29 is 26.4 Å². The summed E-state index contributed by atoms with van der Waals surface area (Å²) in [5.74, 6) is -0.850. The van der Waals surface area contributed by atoms with E-state index in [9.17, 15) is 26.4 Å². The maximum absolute atomic E-state index is 13.0. The van der Waals surface area contributed by atoms with Crippen molar-refractivity contribution in [3.05, 3.63) is 96.3 Å². The Labute approximate surface area is 241 Å². The number of benzene rings is 2. The zero-order chi connectivity index (χ0) is 28.9. The number of carbonyl (C=O) groups is 2. The molecule has 16 heteroatoms. The molecule has 0 saturated heterocycles. The van der Waals surface area contributed by atoms with E-state index < -0.39 is 31.9 Å². The van der Waals surface area contributed by atoms with Crippen molar-refractivity contribution in [3.8, 4) is 0 Å². The summed E-state index contributed by atoms with van der Waals surface area (Å²) < 4.78 is 46.9. The van der Waals surface area contributed by atoms with Gasteiger partial charge in [0, 0.05) is 0 Å². The molecule has 40 heavy (non-hydrogen) atoms. The Hall–Kier alpha value is -3.46. The fraction of sp³-hybridized carbons (Fsp3) is 0. The summed E-state index contributed by atoms with van der Waals surface area (Å²) in [5, 5.41) is 15.7. The van der Waals surface area contributed by atoms with Gasteiger partial charge < -0.3 is 0 Å². The van der Waals surface area contributed by atoms with Crippen LogP contribution in [0.4, 0.5) is 11.4 Å². The van der Waals surface area contributed by atoms with E-state index >= 15 is 0 Å². The molecule has 2 heterocycles. The van der Waals surface area contributed by atoms with Gasteiger partial charge in [-0.3, -0.25) is 0 Å². The second-order valence-corrected chi connectivity index (χ2v) is 17.0. The normalized spacial score (nSPS) is 11.6. The van der Waals surface area contributed by atoms with Crippen molar-refractivity contribution in [2.75, 3.05) is 10.6 Å². The average molecular weight is 711 g/mol. The molecule has 4 aromatic rings. The topological polar surface area (TPSA) is 204 Å². The summed E-state index contributed by atoms with van der Waals surface area (Å²) in [5.41, 5.74) is 1.45. The van der Waals surface area contributed by atoms with E-state index in [1.165, 1.54) is 48.5 Å². The summed E-state index contributed by atoms with van der Waals surface area (Å²) >= 11 is -0.669. The first-order valence-corrected chi connectivity index (χ1v) is 20.2. The summed E-state index contributed by atoms with van der Waals surface area (Å²) in [6.45, 7) is 0. The molecule has 12 nitrogen and oxygen atoms in total. The number of anilines is 2. The first-order valence-electron chi connectivity index (χ1n) is 11.0. The quantitative estimate of drug-likeness (QED) is 0.167. The molecule has 0 fully saturated rings. The van der Waals surface area contributed by atoms with Crippen molar-refractivity contribution in [2.24, 2.45) is 10.3 Å². The van der Waals surface area contributed by atoms with Crippen LogP contribution in [-0.2, 0) is 20.0 Å². The number of pyridine rings is 2. The summed E-state index contributed by atoms with van der Waals surface area (Å²) in [7, 11) is -7.71. The molecule has 0 unspecified atom stereocenters. The van der Waals surface area contributed by atoms with E-state index in [0.29, 0.717) is 31.7 Å². The molecule has 0 radical (unpaired) electrons. The Morgan fingerprint density at radius 3 is 1.27 bits per heavy atom. The number of amides is 2. The molecular formula is C24H20N6O6S2Se2. The first kappa shape index (κ1) is 29.5. The van der Waals surface area contributed by atoms with Crippen LogP contribution in [0, 0.1) is 0 Å². The molecule has 0 saturated carbocycles. The number of nitrogens with zero attached hydrogens (tertiary/aromatic N) is 2. The number of aromatic nitrogens is 2. The fourth-order valence-electron chi connectivity index (χ4n) is 3.19. The molecule has 6 N–H and O–H groups in total. The van der Waals surface area contributed by atoms with E-state index in [-0.39, 0.29) is 36.1 Å². The molecule has 0 aliphatic heterocycles. The van der Waals surface area contributed by atoms with Crippen LogP contribution >= 0.6 is 0 Å². The molecule has 0 aliphatic rings. The third-order valence-corrected chi connectivity index (χ3v) is 13.5. The van der Waals surface area contributed by atoms with Crippen molar-refractivity contribution in [1.82, 2.24) is 9.97 Å². The van der Waals surface area contributed by atoms with Gasteiger partial charge in [-0.15, -0.1) is 0 Å². The SMILES string of the molecule is NS(=O)(=O)c1ccc(NC(=O)c2cccnc2[Se][Se]c2ncccc2C(=O)Nc2ccc(S(N)(=O)=O)cc2)cc1. The van der Waals surface area contributed by atoms with Gasteiger partial charge in [0.1, 0.15) is 0 Å². The molecule has 4 rings (SSSR count). The van der Waals surface area contributed by atoms with Crippen LogP contribution in [0.3, 0.4) is 0 Å². The standard InChI is InChI=1S/C24H20N6O6S2Se2/c25-37(33,34)17-9-5-15(6-10-17)29-21(31)19-3-1-13-27-23(19)39-40-24-20(4-2-14-28-24)22(32)30-16-7-11-18(12-8-16)38(26,35)36/h1-14H,(H,29,31)(H,30,32)(H2,25,33,34)(H2,26,35,36). The molecule has 2 amide bonds. The van der Waals surface area contributed by atoms with E-state index in [2.05, 4.69) is 20.6 Å². The van der Waals surface area contributed by atoms with Crippen LogP contribution in [0.2, 0.25) is 0 Å². The molecule has 2 aromatic heterocycles. The van der Waals surface area contributed by atoms with E-state index in [0.717, 1.165) is 0 Å².